The Morgan fingerprint density at radius 1 is 1.29 bits per heavy atom. The van der Waals surface area contributed by atoms with Crippen molar-refractivity contribution in [2.45, 2.75) is 19.3 Å². The molecule has 0 amide bonds. The van der Waals surface area contributed by atoms with Gasteiger partial charge in [-0.2, -0.15) is 0 Å². The van der Waals surface area contributed by atoms with Crippen molar-refractivity contribution in [3.8, 4) is 10.6 Å². The van der Waals surface area contributed by atoms with Gasteiger partial charge in [0, 0.05) is 22.9 Å². The Labute approximate surface area is 106 Å². The topological polar surface area (TPSA) is 24.9 Å². The maximum Gasteiger partial charge on any atom is 0.123 e. The number of aryl methyl sites for hydroxylation is 1. The molecule has 1 aromatic carbocycles. The summed E-state index contributed by atoms with van der Waals surface area (Å²) in [6, 6.07) is 10.5. The van der Waals surface area contributed by atoms with Crippen molar-refractivity contribution in [3.63, 3.8) is 0 Å². The summed E-state index contributed by atoms with van der Waals surface area (Å²) in [7, 11) is 0. The first-order valence-corrected chi connectivity index (χ1v) is 6.89. The minimum absolute atomic E-state index is 0.671. The summed E-state index contributed by atoms with van der Waals surface area (Å²) in [4.78, 5) is 6.18. The number of hydrogen-bond acceptors (Lipinski definition) is 3. The molecule has 0 bridgehead atoms. The van der Waals surface area contributed by atoms with E-state index in [1.165, 1.54) is 22.6 Å². The molecule has 1 aliphatic rings. The molecular weight excluding hydrogens is 228 g/mol. The molecule has 1 saturated heterocycles. The van der Waals surface area contributed by atoms with Gasteiger partial charge in [0.2, 0.25) is 0 Å². The zero-order valence-corrected chi connectivity index (χ0v) is 10.8. The fourth-order valence-corrected chi connectivity index (χ4v) is 3.58. The minimum Gasteiger partial charge on any atom is -0.316 e. The van der Waals surface area contributed by atoms with E-state index in [-0.39, 0.29) is 0 Å². The zero-order valence-electron chi connectivity index (χ0n) is 9.94. The third-order valence-corrected chi connectivity index (χ3v) is 4.65. The highest BCUT2D eigenvalue weighted by molar-refractivity contribution is 7.15. The van der Waals surface area contributed by atoms with Crippen LogP contribution in [0.5, 0.6) is 0 Å². The molecule has 1 fully saturated rings. The number of rotatable bonds is 2. The normalized spacial score (nSPS) is 19.7. The van der Waals surface area contributed by atoms with Crippen LogP contribution in [-0.2, 0) is 0 Å². The quantitative estimate of drug-likeness (QED) is 0.877. The molecule has 3 heteroatoms. The van der Waals surface area contributed by atoms with E-state index in [1.807, 2.05) is 17.4 Å². The molecule has 0 aliphatic carbocycles. The van der Waals surface area contributed by atoms with Gasteiger partial charge in [-0.3, -0.25) is 0 Å². The number of nitrogens with zero attached hydrogens (tertiary/aromatic N) is 1. The first kappa shape index (κ1) is 10.9. The van der Waals surface area contributed by atoms with Gasteiger partial charge < -0.3 is 5.32 Å². The van der Waals surface area contributed by atoms with Crippen LogP contribution in [0, 0.1) is 6.92 Å². The molecule has 1 atom stereocenters. The van der Waals surface area contributed by atoms with Gasteiger partial charge >= 0.3 is 0 Å². The Bertz CT molecular complexity index is 498. The molecule has 2 heterocycles. The van der Waals surface area contributed by atoms with Gasteiger partial charge in [-0.1, -0.05) is 30.3 Å². The molecule has 0 radical (unpaired) electrons. The monoisotopic (exact) mass is 244 g/mol. The van der Waals surface area contributed by atoms with Gasteiger partial charge in [0.1, 0.15) is 5.01 Å². The Balaban J connectivity index is 1.95. The fraction of sp³-hybridized carbons (Fsp3) is 0.357. The van der Waals surface area contributed by atoms with E-state index in [1.54, 1.807) is 0 Å². The average Bonchev–Trinajstić information content (AvgIpc) is 2.99. The molecule has 3 rings (SSSR count). The van der Waals surface area contributed by atoms with Gasteiger partial charge in [-0.25, -0.2) is 4.98 Å². The van der Waals surface area contributed by atoms with E-state index in [4.69, 9.17) is 4.98 Å². The van der Waals surface area contributed by atoms with E-state index in [0.29, 0.717) is 5.92 Å². The van der Waals surface area contributed by atoms with E-state index in [9.17, 15) is 0 Å². The second kappa shape index (κ2) is 4.59. The first-order chi connectivity index (χ1) is 8.34. The molecule has 0 spiro atoms. The van der Waals surface area contributed by atoms with Crippen LogP contribution in [0.3, 0.4) is 0 Å². The van der Waals surface area contributed by atoms with Crippen LogP contribution in [0.4, 0.5) is 0 Å². The van der Waals surface area contributed by atoms with Gasteiger partial charge in [-0.15, -0.1) is 11.3 Å². The van der Waals surface area contributed by atoms with Crippen LogP contribution in [0.2, 0.25) is 0 Å². The molecule has 88 valence electrons. The largest absolute Gasteiger partial charge is 0.316 e. The lowest BCUT2D eigenvalue weighted by molar-refractivity contribution is 0.770. The van der Waals surface area contributed by atoms with Crippen LogP contribution in [0.15, 0.2) is 30.3 Å². The van der Waals surface area contributed by atoms with Gasteiger partial charge in [0.25, 0.3) is 0 Å². The molecule has 1 aromatic heterocycles. The standard InChI is InChI=1S/C14H16N2S/c1-10-13(12-7-8-15-9-12)17-14(16-10)11-5-3-2-4-6-11/h2-6,12,15H,7-9H2,1H3. The van der Waals surface area contributed by atoms with E-state index in [2.05, 4.69) is 36.5 Å². The second-order valence-corrected chi connectivity index (χ2v) is 5.56. The van der Waals surface area contributed by atoms with Crippen LogP contribution < -0.4 is 5.32 Å². The molecule has 2 aromatic rings. The lowest BCUT2D eigenvalue weighted by atomic mass is 10.1. The van der Waals surface area contributed by atoms with Crippen molar-refractivity contribution >= 4 is 11.3 Å². The summed E-state index contributed by atoms with van der Waals surface area (Å²) in [6.45, 7) is 4.39. The molecule has 1 unspecified atom stereocenters. The van der Waals surface area contributed by atoms with Crippen molar-refractivity contribution in [2.24, 2.45) is 0 Å². The van der Waals surface area contributed by atoms with Crippen molar-refractivity contribution in [1.82, 2.24) is 10.3 Å². The summed E-state index contributed by atoms with van der Waals surface area (Å²) in [5.41, 5.74) is 2.44. The molecule has 17 heavy (non-hydrogen) atoms. The number of hydrogen-bond donors (Lipinski definition) is 1. The van der Waals surface area contributed by atoms with E-state index < -0.39 is 0 Å². The van der Waals surface area contributed by atoms with Crippen LogP contribution >= 0.6 is 11.3 Å². The second-order valence-electron chi connectivity index (χ2n) is 4.52. The van der Waals surface area contributed by atoms with Crippen LogP contribution in [0.1, 0.15) is 22.9 Å². The smallest absolute Gasteiger partial charge is 0.123 e. The van der Waals surface area contributed by atoms with Crippen LogP contribution in [0.25, 0.3) is 10.6 Å². The molecule has 1 aliphatic heterocycles. The summed E-state index contributed by atoms with van der Waals surface area (Å²) < 4.78 is 0. The summed E-state index contributed by atoms with van der Waals surface area (Å²) in [5.74, 6) is 0.671. The highest BCUT2D eigenvalue weighted by Crippen LogP contribution is 2.34. The van der Waals surface area contributed by atoms with Gasteiger partial charge in [0.15, 0.2) is 0 Å². The summed E-state index contributed by atoms with van der Waals surface area (Å²) in [5, 5.41) is 4.58. The van der Waals surface area contributed by atoms with E-state index >= 15 is 0 Å². The molecular formula is C14H16N2S. The number of nitrogens with one attached hydrogen (secondary N) is 1. The molecule has 0 saturated carbocycles. The third-order valence-electron chi connectivity index (χ3n) is 3.28. The Kier molecular flexibility index (Phi) is 2.95. The van der Waals surface area contributed by atoms with Crippen molar-refractivity contribution in [2.75, 3.05) is 13.1 Å². The predicted octanol–water partition coefficient (Wildman–Crippen LogP) is 3.20. The highest BCUT2D eigenvalue weighted by atomic mass is 32.1. The Morgan fingerprint density at radius 2 is 2.12 bits per heavy atom. The van der Waals surface area contributed by atoms with Crippen molar-refractivity contribution in [3.05, 3.63) is 40.9 Å². The predicted molar refractivity (Wildman–Crippen MR) is 72.5 cm³/mol. The lowest BCUT2D eigenvalue weighted by Crippen LogP contribution is -2.07. The minimum atomic E-state index is 0.671. The zero-order chi connectivity index (χ0) is 11.7. The molecule has 2 nitrogen and oxygen atoms in total. The lowest BCUT2D eigenvalue weighted by Gasteiger charge is -2.04. The maximum absolute atomic E-state index is 4.72. The van der Waals surface area contributed by atoms with E-state index in [0.717, 1.165) is 18.1 Å². The fourth-order valence-electron chi connectivity index (χ4n) is 2.37. The van der Waals surface area contributed by atoms with Crippen molar-refractivity contribution in [1.29, 1.82) is 0 Å². The Hall–Kier alpha value is -1.19. The third kappa shape index (κ3) is 2.13. The van der Waals surface area contributed by atoms with Gasteiger partial charge in [0.05, 0.1) is 5.69 Å². The van der Waals surface area contributed by atoms with Gasteiger partial charge in [-0.05, 0) is 19.9 Å². The summed E-state index contributed by atoms with van der Waals surface area (Å²) >= 11 is 1.86. The number of benzene rings is 1. The van der Waals surface area contributed by atoms with Crippen molar-refractivity contribution < 1.29 is 0 Å². The Morgan fingerprint density at radius 3 is 2.82 bits per heavy atom. The number of aromatic nitrogens is 1. The average molecular weight is 244 g/mol. The SMILES string of the molecule is Cc1nc(-c2ccccc2)sc1C1CCNC1. The molecule has 1 N–H and O–H groups in total. The summed E-state index contributed by atoms with van der Waals surface area (Å²) in [6.07, 6.45) is 1.25. The maximum atomic E-state index is 4.72. The first-order valence-electron chi connectivity index (χ1n) is 6.08. The van der Waals surface area contributed by atoms with Crippen LogP contribution in [-0.4, -0.2) is 18.1 Å². The number of thiazole rings is 1. The highest BCUT2D eigenvalue weighted by Gasteiger charge is 2.21.